The molecule has 99 valence electrons. The van der Waals surface area contributed by atoms with Gasteiger partial charge in [-0.25, -0.2) is 4.79 Å². The van der Waals surface area contributed by atoms with Crippen LogP contribution in [-0.2, 0) is 4.74 Å². The van der Waals surface area contributed by atoms with Crippen LogP contribution in [0.5, 0.6) is 0 Å². The summed E-state index contributed by atoms with van der Waals surface area (Å²) < 4.78 is 5.11. The molecule has 1 aromatic carbocycles. The Labute approximate surface area is 118 Å². The van der Waals surface area contributed by atoms with Crippen LogP contribution in [0.1, 0.15) is 19.3 Å². The van der Waals surface area contributed by atoms with Crippen molar-refractivity contribution in [2.24, 2.45) is 0 Å². The molecule has 0 N–H and O–H groups in total. The third kappa shape index (κ3) is 4.07. The van der Waals surface area contributed by atoms with Gasteiger partial charge < -0.3 is 4.74 Å². The topological polar surface area (TPSA) is 29.5 Å². The molecule has 0 saturated carbocycles. The van der Waals surface area contributed by atoms with E-state index in [1.54, 1.807) is 25.2 Å². The Balaban J connectivity index is 2.63. The van der Waals surface area contributed by atoms with Crippen LogP contribution >= 0.6 is 23.2 Å². The number of benzene rings is 1. The van der Waals surface area contributed by atoms with E-state index < -0.39 is 6.09 Å². The maximum Gasteiger partial charge on any atom is 0.414 e. The van der Waals surface area contributed by atoms with Crippen LogP contribution in [0.25, 0.3) is 0 Å². The average molecular weight is 289 g/mol. The Morgan fingerprint density at radius 1 is 1.33 bits per heavy atom. The molecule has 3 nitrogen and oxygen atoms in total. The standard InChI is InChI=1S/C13H16Cl2NO2/c1-3-4-5-9-18-13(17)16(2)12-10(14)7-6-8-11(12)15/h6-8H,1,3-5,9H2,2H3. The minimum absolute atomic E-state index is 0.376. The van der Waals surface area contributed by atoms with Gasteiger partial charge in [-0.1, -0.05) is 49.0 Å². The summed E-state index contributed by atoms with van der Waals surface area (Å²) in [5.74, 6) is 0. The van der Waals surface area contributed by atoms with Crippen molar-refractivity contribution in [3.8, 4) is 0 Å². The fourth-order valence-corrected chi connectivity index (χ4v) is 2.09. The molecule has 0 saturated heterocycles. The molecular formula is C13H16Cl2NO2. The molecule has 0 fully saturated rings. The maximum atomic E-state index is 11.8. The van der Waals surface area contributed by atoms with E-state index >= 15 is 0 Å². The number of para-hydroxylation sites is 1. The van der Waals surface area contributed by atoms with Gasteiger partial charge in [0.25, 0.3) is 0 Å². The van der Waals surface area contributed by atoms with Crippen LogP contribution in [-0.4, -0.2) is 19.7 Å². The number of anilines is 1. The predicted molar refractivity (Wildman–Crippen MR) is 75.4 cm³/mol. The number of hydrogen-bond donors (Lipinski definition) is 0. The largest absolute Gasteiger partial charge is 0.449 e. The molecule has 1 rings (SSSR count). The van der Waals surface area contributed by atoms with Gasteiger partial charge in [-0.3, -0.25) is 4.90 Å². The molecule has 0 aliphatic rings. The van der Waals surface area contributed by atoms with Crippen LogP contribution in [0.3, 0.4) is 0 Å². The van der Waals surface area contributed by atoms with E-state index in [9.17, 15) is 4.79 Å². The highest BCUT2D eigenvalue weighted by atomic mass is 35.5. The molecule has 18 heavy (non-hydrogen) atoms. The molecule has 0 spiro atoms. The molecule has 1 amide bonds. The monoisotopic (exact) mass is 288 g/mol. The number of hydrogen-bond acceptors (Lipinski definition) is 2. The van der Waals surface area contributed by atoms with Crippen LogP contribution in [0.2, 0.25) is 10.0 Å². The zero-order valence-corrected chi connectivity index (χ0v) is 11.8. The van der Waals surface area contributed by atoms with Crippen LogP contribution in [0, 0.1) is 6.92 Å². The van der Waals surface area contributed by atoms with Gasteiger partial charge in [0, 0.05) is 7.05 Å². The van der Waals surface area contributed by atoms with E-state index in [0.29, 0.717) is 22.3 Å². The zero-order chi connectivity index (χ0) is 13.5. The van der Waals surface area contributed by atoms with Gasteiger partial charge in [0.15, 0.2) is 0 Å². The van der Waals surface area contributed by atoms with Gasteiger partial charge in [-0.2, -0.15) is 0 Å². The number of amides is 1. The van der Waals surface area contributed by atoms with Crippen molar-refractivity contribution in [3.05, 3.63) is 35.2 Å². The highest BCUT2D eigenvalue weighted by Crippen LogP contribution is 2.32. The van der Waals surface area contributed by atoms with Gasteiger partial charge >= 0.3 is 6.09 Å². The second kappa shape index (κ2) is 7.49. The van der Waals surface area contributed by atoms with Gasteiger partial charge in [0.2, 0.25) is 0 Å². The van der Waals surface area contributed by atoms with Crippen LogP contribution < -0.4 is 4.90 Å². The maximum absolute atomic E-state index is 11.8. The van der Waals surface area contributed by atoms with Gasteiger partial charge in [-0.05, 0) is 18.6 Å². The number of carbonyl (C=O) groups excluding carboxylic acids is 1. The lowest BCUT2D eigenvalue weighted by molar-refractivity contribution is 0.153. The second-order valence-corrected chi connectivity index (χ2v) is 4.62. The molecule has 0 heterocycles. The molecule has 5 heteroatoms. The summed E-state index contributed by atoms with van der Waals surface area (Å²) in [4.78, 5) is 13.1. The average Bonchev–Trinajstić information content (AvgIpc) is 2.34. The Morgan fingerprint density at radius 2 is 1.94 bits per heavy atom. The van der Waals surface area contributed by atoms with Crippen LogP contribution in [0.15, 0.2) is 18.2 Å². The summed E-state index contributed by atoms with van der Waals surface area (Å²) in [6.45, 7) is 4.10. The summed E-state index contributed by atoms with van der Waals surface area (Å²) in [6.07, 6.45) is 2.11. The third-order valence-corrected chi connectivity index (χ3v) is 3.03. The van der Waals surface area contributed by atoms with Crippen molar-refractivity contribution >= 4 is 35.0 Å². The molecule has 0 atom stereocenters. The quantitative estimate of drug-likeness (QED) is 0.743. The van der Waals surface area contributed by atoms with Crippen molar-refractivity contribution in [1.82, 2.24) is 0 Å². The Hall–Kier alpha value is -0.930. The molecule has 0 aromatic heterocycles. The number of ether oxygens (including phenoxy) is 1. The predicted octanol–water partition coefficient (Wildman–Crippen LogP) is 4.57. The normalized spacial score (nSPS) is 10.2. The first-order valence-electron chi connectivity index (χ1n) is 5.71. The Kier molecular flexibility index (Phi) is 6.30. The second-order valence-electron chi connectivity index (χ2n) is 3.80. The van der Waals surface area contributed by atoms with Gasteiger partial charge in [-0.15, -0.1) is 0 Å². The zero-order valence-electron chi connectivity index (χ0n) is 10.3. The molecule has 0 aliphatic carbocycles. The number of rotatable bonds is 5. The van der Waals surface area contributed by atoms with Crippen molar-refractivity contribution in [3.63, 3.8) is 0 Å². The van der Waals surface area contributed by atoms with E-state index in [-0.39, 0.29) is 0 Å². The van der Waals surface area contributed by atoms with E-state index in [1.807, 2.05) is 0 Å². The van der Waals surface area contributed by atoms with E-state index in [2.05, 4.69) is 6.92 Å². The smallest absolute Gasteiger partial charge is 0.414 e. The molecule has 0 bridgehead atoms. The lowest BCUT2D eigenvalue weighted by Crippen LogP contribution is -2.28. The minimum atomic E-state index is -0.464. The summed E-state index contributed by atoms with van der Waals surface area (Å²) in [7, 11) is 1.58. The number of nitrogens with zero attached hydrogens (tertiary/aromatic N) is 1. The first-order valence-corrected chi connectivity index (χ1v) is 6.47. The van der Waals surface area contributed by atoms with Crippen LogP contribution in [0.4, 0.5) is 10.5 Å². The highest BCUT2D eigenvalue weighted by molar-refractivity contribution is 6.39. The van der Waals surface area contributed by atoms with Gasteiger partial charge in [0.05, 0.1) is 22.3 Å². The first kappa shape index (κ1) is 15.1. The summed E-state index contributed by atoms with van der Waals surface area (Å²) >= 11 is 12.0. The van der Waals surface area contributed by atoms with Crippen molar-refractivity contribution in [2.45, 2.75) is 19.3 Å². The Morgan fingerprint density at radius 3 is 2.50 bits per heavy atom. The molecular weight excluding hydrogens is 273 g/mol. The lowest BCUT2D eigenvalue weighted by atomic mass is 10.3. The fraction of sp³-hybridized carbons (Fsp3) is 0.385. The minimum Gasteiger partial charge on any atom is -0.449 e. The molecule has 1 radical (unpaired) electrons. The fourth-order valence-electron chi connectivity index (χ4n) is 1.44. The molecule has 0 unspecified atom stereocenters. The van der Waals surface area contributed by atoms with Crippen molar-refractivity contribution in [1.29, 1.82) is 0 Å². The van der Waals surface area contributed by atoms with Gasteiger partial charge in [0.1, 0.15) is 0 Å². The molecule has 0 aliphatic heterocycles. The summed E-state index contributed by atoms with van der Waals surface area (Å²) in [5, 5.41) is 0.833. The number of carbonyl (C=O) groups is 1. The number of halogens is 2. The molecule has 1 aromatic rings. The summed E-state index contributed by atoms with van der Waals surface area (Å²) in [6, 6.07) is 5.08. The highest BCUT2D eigenvalue weighted by Gasteiger charge is 2.17. The first-order chi connectivity index (χ1) is 8.57. The SMILES string of the molecule is [CH2]CCCCOC(=O)N(C)c1c(Cl)cccc1Cl. The van der Waals surface area contributed by atoms with E-state index in [4.69, 9.17) is 27.9 Å². The Bertz CT molecular complexity index is 390. The van der Waals surface area contributed by atoms with Crippen molar-refractivity contribution < 1.29 is 9.53 Å². The van der Waals surface area contributed by atoms with E-state index in [1.165, 1.54) is 4.90 Å². The lowest BCUT2D eigenvalue weighted by Gasteiger charge is -2.19. The number of unbranched alkanes of at least 4 members (excludes halogenated alkanes) is 2. The third-order valence-electron chi connectivity index (χ3n) is 2.42. The summed E-state index contributed by atoms with van der Waals surface area (Å²) in [5.41, 5.74) is 0.461. The van der Waals surface area contributed by atoms with E-state index in [0.717, 1.165) is 19.3 Å². The van der Waals surface area contributed by atoms with Crippen molar-refractivity contribution in [2.75, 3.05) is 18.6 Å².